The molecule has 1 atom stereocenters. The van der Waals surface area contributed by atoms with Crippen molar-refractivity contribution in [1.82, 2.24) is 0 Å². The highest BCUT2D eigenvalue weighted by Gasteiger charge is 2.15. The van der Waals surface area contributed by atoms with Crippen LogP contribution in [-0.2, 0) is 6.42 Å². The molecule has 0 amide bonds. The minimum absolute atomic E-state index is 0.219. The van der Waals surface area contributed by atoms with Gasteiger partial charge in [-0.1, -0.05) is 45.7 Å². The normalized spacial score (nSPS) is 12.2. The van der Waals surface area contributed by atoms with Crippen molar-refractivity contribution in [3.05, 3.63) is 62.8 Å². The molecule has 0 aliphatic rings. The van der Waals surface area contributed by atoms with Crippen LogP contribution < -0.4 is 10.5 Å². The molecule has 0 spiro atoms. The van der Waals surface area contributed by atoms with Gasteiger partial charge >= 0.3 is 0 Å². The summed E-state index contributed by atoms with van der Waals surface area (Å²) < 4.78 is 19.9. The Morgan fingerprint density at radius 1 is 1.35 bits per heavy atom. The van der Waals surface area contributed by atoms with Crippen LogP contribution in [0.25, 0.3) is 0 Å². The predicted octanol–water partition coefficient (Wildman–Crippen LogP) is 4.49. The number of halogens is 3. The molecule has 2 rings (SSSR count). The third kappa shape index (κ3) is 3.32. The summed E-state index contributed by atoms with van der Waals surface area (Å²) in [7, 11) is 1.44. The monoisotopic (exact) mass is 357 g/mol. The minimum Gasteiger partial charge on any atom is -0.494 e. The topological polar surface area (TPSA) is 35.2 Å². The van der Waals surface area contributed by atoms with E-state index in [0.29, 0.717) is 17.0 Å². The summed E-state index contributed by atoms with van der Waals surface area (Å²) in [6.45, 7) is 0. The van der Waals surface area contributed by atoms with Gasteiger partial charge in [0.15, 0.2) is 11.6 Å². The van der Waals surface area contributed by atoms with Crippen molar-refractivity contribution in [3.63, 3.8) is 0 Å². The molecule has 0 saturated carbocycles. The number of hydrogen-bond donors (Lipinski definition) is 1. The molecule has 20 heavy (non-hydrogen) atoms. The Hall–Kier alpha value is -1.10. The van der Waals surface area contributed by atoms with Crippen LogP contribution in [0.4, 0.5) is 4.39 Å². The molecule has 106 valence electrons. The van der Waals surface area contributed by atoms with Crippen LogP contribution in [0.3, 0.4) is 0 Å². The van der Waals surface area contributed by atoms with E-state index in [2.05, 4.69) is 15.9 Å². The smallest absolute Gasteiger partial charge is 0.168 e. The van der Waals surface area contributed by atoms with Crippen molar-refractivity contribution >= 4 is 27.5 Å². The Kier molecular flexibility index (Phi) is 5.02. The van der Waals surface area contributed by atoms with Crippen LogP contribution in [0.15, 0.2) is 40.9 Å². The summed E-state index contributed by atoms with van der Waals surface area (Å²) in [4.78, 5) is 0. The molecule has 2 aromatic carbocycles. The van der Waals surface area contributed by atoms with Gasteiger partial charge in [-0.25, -0.2) is 4.39 Å². The zero-order valence-electron chi connectivity index (χ0n) is 10.9. The van der Waals surface area contributed by atoms with Crippen LogP contribution in [0.5, 0.6) is 5.75 Å². The average Bonchev–Trinajstić information content (AvgIpc) is 2.41. The molecule has 0 aliphatic carbocycles. The minimum atomic E-state index is -0.378. The second-order valence-electron chi connectivity index (χ2n) is 4.41. The van der Waals surface area contributed by atoms with Crippen LogP contribution in [0.1, 0.15) is 17.2 Å². The maximum Gasteiger partial charge on any atom is 0.168 e. The van der Waals surface area contributed by atoms with E-state index in [1.807, 2.05) is 12.1 Å². The first kappa shape index (κ1) is 15.3. The lowest BCUT2D eigenvalue weighted by atomic mass is 9.99. The van der Waals surface area contributed by atoms with E-state index in [1.165, 1.54) is 7.11 Å². The molecule has 0 bridgehead atoms. The number of hydrogen-bond acceptors (Lipinski definition) is 2. The molecule has 0 aromatic heterocycles. The lowest BCUT2D eigenvalue weighted by Gasteiger charge is -2.15. The van der Waals surface area contributed by atoms with E-state index in [4.69, 9.17) is 22.1 Å². The maximum absolute atomic E-state index is 14.1. The molecule has 0 saturated heterocycles. The number of nitrogens with two attached hydrogens (primary N) is 1. The number of ether oxygens (including phenoxy) is 1. The van der Waals surface area contributed by atoms with Gasteiger partial charge in [0.25, 0.3) is 0 Å². The van der Waals surface area contributed by atoms with Crippen molar-refractivity contribution < 1.29 is 9.13 Å². The molecule has 1 unspecified atom stereocenters. The Balaban J connectivity index is 2.25. The molecule has 0 aliphatic heterocycles. The summed E-state index contributed by atoms with van der Waals surface area (Å²) in [6.07, 6.45) is 0.352. The third-order valence-corrected chi connectivity index (χ3v) is 3.89. The van der Waals surface area contributed by atoms with Crippen LogP contribution in [0, 0.1) is 5.82 Å². The van der Waals surface area contributed by atoms with Crippen molar-refractivity contribution in [1.29, 1.82) is 0 Å². The zero-order valence-corrected chi connectivity index (χ0v) is 13.2. The highest BCUT2D eigenvalue weighted by Crippen LogP contribution is 2.29. The fourth-order valence-corrected chi connectivity index (χ4v) is 2.83. The van der Waals surface area contributed by atoms with Gasteiger partial charge in [-0.05, 0) is 35.7 Å². The van der Waals surface area contributed by atoms with E-state index >= 15 is 0 Å². The second kappa shape index (κ2) is 6.57. The van der Waals surface area contributed by atoms with E-state index < -0.39 is 0 Å². The van der Waals surface area contributed by atoms with Gasteiger partial charge in [0.05, 0.1) is 7.11 Å². The molecular formula is C15H14BrClFNO. The summed E-state index contributed by atoms with van der Waals surface area (Å²) in [6, 6.07) is 10.1. The maximum atomic E-state index is 14.1. The SMILES string of the molecule is COc1cccc(CC(N)c2ccc(Br)cc2Cl)c1F. The summed E-state index contributed by atoms with van der Waals surface area (Å²) in [5.41, 5.74) is 7.43. The fourth-order valence-electron chi connectivity index (χ4n) is 2.02. The van der Waals surface area contributed by atoms with Crippen LogP contribution in [0.2, 0.25) is 5.02 Å². The summed E-state index contributed by atoms with van der Waals surface area (Å²) in [5, 5.41) is 0.565. The first-order chi connectivity index (χ1) is 9.52. The first-order valence-corrected chi connectivity index (χ1v) is 7.22. The summed E-state index contributed by atoms with van der Waals surface area (Å²) in [5.74, 6) is -0.157. The lowest BCUT2D eigenvalue weighted by Crippen LogP contribution is -2.15. The van der Waals surface area contributed by atoms with E-state index in [0.717, 1.165) is 10.0 Å². The van der Waals surface area contributed by atoms with Gasteiger partial charge in [0.2, 0.25) is 0 Å². The van der Waals surface area contributed by atoms with E-state index in [1.54, 1.807) is 24.3 Å². The van der Waals surface area contributed by atoms with Crippen LogP contribution >= 0.6 is 27.5 Å². The number of benzene rings is 2. The van der Waals surface area contributed by atoms with Gasteiger partial charge in [-0.3, -0.25) is 0 Å². The summed E-state index contributed by atoms with van der Waals surface area (Å²) >= 11 is 9.50. The number of methoxy groups -OCH3 is 1. The third-order valence-electron chi connectivity index (χ3n) is 3.06. The highest BCUT2D eigenvalue weighted by atomic mass is 79.9. The Morgan fingerprint density at radius 3 is 2.75 bits per heavy atom. The zero-order chi connectivity index (χ0) is 14.7. The quantitative estimate of drug-likeness (QED) is 0.874. The number of rotatable bonds is 4. The predicted molar refractivity (Wildman–Crippen MR) is 82.7 cm³/mol. The largest absolute Gasteiger partial charge is 0.494 e. The molecule has 0 radical (unpaired) electrons. The van der Waals surface area contributed by atoms with Crippen molar-refractivity contribution in [3.8, 4) is 5.75 Å². The molecule has 0 fully saturated rings. The fraction of sp³-hybridized carbons (Fsp3) is 0.200. The molecule has 2 nitrogen and oxygen atoms in total. The van der Waals surface area contributed by atoms with Gasteiger partial charge < -0.3 is 10.5 Å². The van der Waals surface area contributed by atoms with Gasteiger partial charge in [0, 0.05) is 15.5 Å². The molecular weight excluding hydrogens is 345 g/mol. The van der Waals surface area contributed by atoms with Crippen molar-refractivity contribution in [2.24, 2.45) is 5.73 Å². The van der Waals surface area contributed by atoms with E-state index in [-0.39, 0.29) is 17.6 Å². The van der Waals surface area contributed by atoms with Gasteiger partial charge in [-0.15, -0.1) is 0 Å². The molecule has 2 aromatic rings. The van der Waals surface area contributed by atoms with Crippen molar-refractivity contribution in [2.45, 2.75) is 12.5 Å². The average molecular weight is 359 g/mol. The first-order valence-electron chi connectivity index (χ1n) is 6.05. The van der Waals surface area contributed by atoms with Gasteiger partial charge in [0.1, 0.15) is 0 Å². The Morgan fingerprint density at radius 2 is 2.10 bits per heavy atom. The van der Waals surface area contributed by atoms with E-state index in [9.17, 15) is 4.39 Å². The second-order valence-corrected chi connectivity index (χ2v) is 5.73. The molecule has 5 heteroatoms. The Bertz CT molecular complexity index is 621. The molecule has 2 N–H and O–H groups in total. The highest BCUT2D eigenvalue weighted by molar-refractivity contribution is 9.10. The lowest BCUT2D eigenvalue weighted by molar-refractivity contribution is 0.383. The van der Waals surface area contributed by atoms with Crippen LogP contribution in [-0.4, -0.2) is 7.11 Å². The van der Waals surface area contributed by atoms with Crippen molar-refractivity contribution in [2.75, 3.05) is 7.11 Å². The molecule has 0 heterocycles. The van der Waals surface area contributed by atoms with Gasteiger partial charge in [-0.2, -0.15) is 0 Å². The standard InChI is InChI=1S/C15H14BrClFNO/c1-20-14-4-2-3-9(15(14)18)7-13(19)11-6-5-10(16)8-12(11)17/h2-6,8,13H,7,19H2,1H3. The Labute approximate surface area is 130 Å².